The molecule has 0 aliphatic heterocycles. The van der Waals surface area contributed by atoms with Crippen molar-refractivity contribution in [2.24, 2.45) is 0 Å². The quantitative estimate of drug-likeness (QED) is 0.352. The summed E-state index contributed by atoms with van der Waals surface area (Å²) in [7, 11) is 0. The number of halogens is 7. The number of rotatable bonds is 4. The fourth-order valence-corrected chi connectivity index (χ4v) is 2.81. The molecule has 0 aromatic heterocycles. The Morgan fingerprint density at radius 1 is 0.893 bits per heavy atom. The Balaban J connectivity index is 2.15. The van der Waals surface area contributed by atoms with Gasteiger partial charge in [0.1, 0.15) is 41.2 Å². The van der Waals surface area contributed by atoms with Gasteiger partial charge in [-0.2, -0.15) is 13.2 Å². The van der Waals surface area contributed by atoms with Crippen molar-refractivity contribution in [3.63, 3.8) is 0 Å². The minimum Gasteiger partial charge on any atom is -0.489 e. The predicted molar refractivity (Wildman–Crippen MR) is 89.9 cm³/mol. The summed E-state index contributed by atoms with van der Waals surface area (Å²) in [5.41, 5.74) is -2.63. The van der Waals surface area contributed by atoms with E-state index in [1.807, 2.05) is 0 Å². The maximum Gasteiger partial charge on any atom is 0.422 e. The Hall–Kier alpha value is -3.03. The Labute approximate surface area is 154 Å². The van der Waals surface area contributed by atoms with Crippen molar-refractivity contribution >= 4 is 10.8 Å². The number of alkyl halides is 3. The molecule has 8 heteroatoms. The predicted octanol–water partition coefficient (Wildman–Crippen LogP) is 6.65. The molecular formula is C20H11F7O. The lowest BCUT2D eigenvalue weighted by Crippen LogP contribution is -2.11. The first-order valence-electron chi connectivity index (χ1n) is 7.85. The highest BCUT2D eigenvalue weighted by molar-refractivity contribution is 5.89. The second kappa shape index (κ2) is 7.18. The van der Waals surface area contributed by atoms with E-state index in [9.17, 15) is 30.7 Å². The molecule has 0 atom stereocenters. The van der Waals surface area contributed by atoms with Crippen molar-refractivity contribution in [1.82, 2.24) is 0 Å². The minimum absolute atomic E-state index is 0.0221. The van der Waals surface area contributed by atoms with E-state index >= 15 is 0 Å². The molecule has 3 aromatic carbocycles. The van der Waals surface area contributed by atoms with Crippen molar-refractivity contribution in [1.29, 1.82) is 0 Å². The van der Waals surface area contributed by atoms with Crippen molar-refractivity contribution in [3.8, 4) is 16.9 Å². The highest BCUT2D eigenvalue weighted by Gasteiger charge is 2.38. The zero-order valence-corrected chi connectivity index (χ0v) is 14.0. The second-order valence-corrected chi connectivity index (χ2v) is 5.84. The molecule has 0 spiro atoms. The number of ether oxygens (including phenoxy) is 1. The summed E-state index contributed by atoms with van der Waals surface area (Å²) < 4.78 is 100. The molecule has 0 bridgehead atoms. The molecular weight excluding hydrogens is 389 g/mol. The molecule has 0 amide bonds. The molecule has 0 aliphatic carbocycles. The van der Waals surface area contributed by atoms with Crippen LogP contribution in [0.25, 0.3) is 21.9 Å². The van der Waals surface area contributed by atoms with Gasteiger partial charge in [-0.1, -0.05) is 24.8 Å². The van der Waals surface area contributed by atoms with E-state index in [1.165, 1.54) is 6.08 Å². The Morgan fingerprint density at radius 2 is 1.54 bits per heavy atom. The number of fused-ring (bicyclic) bond motifs is 1. The lowest BCUT2D eigenvalue weighted by Gasteiger charge is -2.13. The molecule has 3 rings (SSSR count). The van der Waals surface area contributed by atoms with E-state index < -0.39 is 46.0 Å². The first-order valence-corrected chi connectivity index (χ1v) is 7.85. The van der Waals surface area contributed by atoms with Crippen LogP contribution in [0.5, 0.6) is 5.75 Å². The second-order valence-electron chi connectivity index (χ2n) is 5.84. The summed E-state index contributed by atoms with van der Waals surface area (Å²) >= 11 is 0. The molecule has 0 N–H and O–H groups in total. The van der Waals surface area contributed by atoms with E-state index in [-0.39, 0.29) is 23.3 Å². The van der Waals surface area contributed by atoms with E-state index in [0.717, 1.165) is 30.3 Å². The first kappa shape index (κ1) is 19.7. The van der Waals surface area contributed by atoms with Crippen LogP contribution in [0.4, 0.5) is 30.7 Å². The lowest BCUT2D eigenvalue weighted by atomic mass is 9.98. The van der Waals surface area contributed by atoms with Crippen molar-refractivity contribution in [3.05, 3.63) is 77.9 Å². The molecule has 0 fully saturated rings. The fraction of sp³-hybridized carbons (Fsp3) is 0.100. The molecule has 0 heterocycles. The summed E-state index contributed by atoms with van der Waals surface area (Å²) in [6, 6.07) is 5.28. The van der Waals surface area contributed by atoms with Gasteiger partial charge >= 0.3 is 6.18 Å². The van der Waals surface area contributed by atoms with Crippen LogP contribution >= 0.6 is 0 Å². The summed E-state index contributed by atoms with van der Waals surface area (Å²) in [5.74, 6) is -5.71. The highest BCUT2D eigenvalue weighted by Crippen LogP contribution is 2.38. The Morgan fingerprint density at radius 3 is 2.11 bits per heavy atom. The van der Waals surface area contributed by atoms with Gasteiger partial charge in [0.2, 0.25) is 0 Å². The van der Waals surface area contributed by atoms with Crippen LogP contribution in [-0.4, -0.2) is 6.61 Å². The summed E-state index contributed by atoms with van der Waals surface area (Å²) in [4.78, 5) is 0. The van der Waals surface area contributed by atoms with E-state index in [2.05, 4.69) is 6.58 Å². The zero-order valence-electron chi connectivity index (χ0n) is 14.0. The highest BCUT2D eigenvalue weighted by atomic mass is 19.4. The Bertz CT molecular complexity index is 1050. The van der Waals surface area contributed by atoms with Gasteiger partial charge in [-0.05, 0) is 23.1 Å². The van der Waals surface area contributed by atoms with Gasteiger partial charge in [-0.15, -0.1) is 0 Å². The largest absolute Gasteiger partial charge is 0.489 e. The molecule has 146 valence electrons. The van der Waals surface area contributed by atoms with Crippen molar-refractivity contribution < 1.29 is 35.5 Å². The third-order valence-corrected chi connectivity index (χ3v) is 3.98. The normalized spacial score (nSPS) is 11.7. The summed E-state index contributed by atoms with van der Waals surface area (Å²) in [6.45, 7) is 3.43. The van der Waals surface area contributed by atoms with Crippen LogP contribution in [0, 0.1) is 23.3 Å². The van der Waals surface area contributed by atoms with Crippen LogP contribution in [0.3, 0.4) is 0 Å². The topological polar surface area (TPSA) is 9.23 Å². The first-order chi connectivity index (χ1) is 13.1. The molecule has 0 aliphatic rings. The lowest BCUT2D eigenvalue weighted by molar-refractivity contribution is -0.142. The van der Waals surface area contributed by atoms with Crippen molar-refractivity contribution in [2.45, 2.75) is 6.18 Å². The van der Waals surface area contributed by atoms with Crippen LogP contribution in [0.2, 0.25) is 0 Å². The van der Waals surface area contributed by atoms with Crippen molar-refractivity contribution in [2.75, 3.05) is 6.61 Å². The average Bonchev–Trinajstić information content (AvgIpc) is 2.57. The van der Waals surface area contributed by atoms with Gasteiger partial charge in [-0.3, -0.25) is 0 Å². The fourth-order valence-electron chi connectivity index (χ4n) is 2.81. The van der Waals surface area contributed by atoms with Crippen LogP contribution in [0.15, 0.2) is 49.1 Å². The molecule has 0 saturated heterocycles. The van der Waals surface area contributed by atoms with Gasteiger partial charge in [0.15, 0.2) is 0 Å². The van der Waals surface area contributed by atoms with Gasteiger partial charge in [0.05, 0.1) is 5.56 Å². The van der Waals surface area contributed by atoms with Gasteiger partial charge in [0.25, 0.3) is 0 Å². The summed E-state index contributed by atoms with van der Waals surface area (Å²) in [5, 5.41) is -0.796. The average molecular weight is 400 g/mol. The maximum atomic E-state index is 14.4. The van der Waals surface area contributed by atoms with Gasteiger partial charge in [0, 0.05) is 17.5 Å². The third kappa shape index (κ3) is 3.54. The summed E-state index contributed by atoms with van der Waals surface area (Å²) in [6.07, 6.45) is -3.84. The molecule has 28 heavy (non-hydrogen) atoms. The SMILES string of the molecule is C=CCOc1cc(F)c(-c2ccc3c(F)c(C(F)(F)F)c(F)cc3c2)c(F)c1. The monoisotopic (exact) mass is 400 g/mol. The number of benzene rings is 3. The van der Waals surface area contributed by atoms with E-state index in [1.54, 1.807) is 0 Å². The van der Waals surface area contributed by atoms with E-state index in [4.69, 9.17) is 4.74 Å². The smallest absolute Gasteiger partial charge is 0.422 e. The number of hydrogen-bond acceptors (Lipinski definition) is 1. The minimum atomic E-state index is -5.22. The molecule has 3 aromatic rings. The molecule has 0 unspecified atom stereocenters. The third-order valence-electron chi connectivity index (χ3n) is 3.98. The zero-order chi connectivity index (χ0) is 20.6. The van der Waals surface area contributed by atoms with Crippen LogP contribution < -0.4 is 4.74 Å². The Kier molecular flexibility index (Phi) is 5.06. The molecule has 0 saturated carbocycles. The van der Waals surface area contributed by atoms with Gasteiger partial charge < -0.3 is 4.74 Å². The maximum absolute atomic E-state index is 14.4. The van der Waals surface area contributed by atoms with Gasteiger partial charge in [-0.25, -0.2) is 17.6 Å². The van der Waals surface area contributed by atoms with Crippen LogP contribution in [-0.2, 0) is 6.18 Å². The number of hydrogen-bond donors (Lipinski definition) is 0. The van der Waals surface area contributed by atoms with E-state index in [0.29, 0.717) is 6.07 Å². The standard InChI is InChI=1S/C20H11F7O/c1-2-5-28-12-8-14(21)17(15(22)9-12)10-3-4-13-11(6-10)7-16(23)18(19(13)24)20(25,26)27/h2-4,6-9H,1,5H2. The molecule has 0 radical (unpaired) electrons. The molecule has 1 nitrogen and oxygen atoms in total. The van der Waals surface area contributed by atoms with Crippen LogP contribution in [0.1, 0.15) is 5.56 Å².